The lowest BCUT2D eigenvalue weighted by Gasteiger charge is -2.19. The molecule has 1 aliphatic heterocycles. The van der Waals surface area contributed by atoms with E-state index in [-0.39, 0.29) is 11.8 Å². The topological polar surface area (TPSA) is 60.5 Å². The molecule has 1 aliphatic rings. The molecule has 0 radical (unpaired) electrons. The van der Waals surface area contributed by atoms with Crippen molar-refractivity contribution < 1.29 is 14.3 Å². The van der Waals surface area contributed by atoms with E-state index in [0.717, 1.165) is 5.56 Å². The van der Waals surface area contributed by atoms with Crippen molar-refractivity contribution in [2.24, 2.45) is 0 Å². The Morgan fingerprint density at radius 1 is 1.27 bits per heavy atom. The lowest BCUT2D eigenvalue weighted by Crippen LogP contribution is -2.17. The number of benzene rings is 1. The maximum atomic E-state index is 12.2. The molecule has 0 spiro atoms. The molecule has 0 saturated heterocycles. The SMILES string of the molecule is CC(CC(=O)Nc1ccc2c(c1)OCCO2)c1cccnc1. The third-order valence-electron chi connectivity index (χ3n) is 3.57. The second-order valence-corrected chi connectivity index (χ2v) is 5.30. The van der Waals surface area contributed by atoms with Crippen LogP contribution < -0.4 is 14.8 Å². The predicted octanol–water partition coefficient (Wildman–Crippen LogP) is 2.99. The molecule has 1 unspecified atom stereocenters. The average molecular weight is 298 g/mol. The van der Waals surface area contributed by atoms with E-state index >= 15 is 0 Å². The molecule has 1 aromatic carbocycles. The van der Waals surface area contributed by atoms with Gasteiger partial charge in [0.2, 0.25) is 5.91 Å². The second kappa shape index (κ2) is 6.47. The van der Waals surface area contributed by atoms with Gasteiger partial charge in [0.1, 0.15) is 13.2 Å². The second-order valence-electron chi connectivity index (χ2n) is 5.30. The fourth-order valence-corrected chi connectivity index (χ4v) is 2.40. The Labute approximate surface area is 129 Å². The van der Waals surface area contributed by atoms with Gasteiger partial charge in [0.05, 0.1) is 0 Å². The van der Waals surface area contributed by atoms with Crippen LogP contribution in [0.4, 0.5) is 5.69 Å². The number of hydrogen-bond acceptors (Lipinski definition) is 4. The van der Waals surface area contributed by atoms with Gasteiger partial charge in [-0.3, -0.25) is 9.78 Å². The third kappa shape index (κ3) is 3.36. The first-order valence-corrected chi connectivity index (χ1v) is 7.32. The summed E-state index contributed by atoms with van der Waals surface area (Å²) in [5.41, 5.74) is 1.77. The van der Waals surface area contributed by atoms with Gasteiger partial charge >= 0.3 is 0 Å². The number of anilines is 1. The summed E-state index contributed by atoms with van der Waals surface area (Å²) in [5, 5.41) is 2.90. The normalized spacial score (nSPS) is 14.2. The van der Waals surface area contributed by atoms with Crippen molar-refractivity contribution in [3.8, 4) is 11.5 Å². The highest BCUT2D eigenvalue weighted by Gasteiger charge is 2.14. The van der Waals surface area contributed by atoms with E-state index in [2.05, 4.69) is 10.3 Å². The number of nitrogens with one attached hydrogen (secondary N) is 1. The van der Waals surface area contributed by atoms with Crippen LogP contribution >= 0.6 is 0 Å². The Balaban J connectivity index is 1.62. The van der Waals surface area contributed by atoms with Crippen molar-refractivity contribution in [1.82, 2.24) is 4.98 Å². The van der Waals surface area contributed by atoms with E-state index in [1.165, 1.54) is 0 Å². The zero-order chi connectivity index (χ0) is 15.4. The lowest BCUT2D eigenvalue weighted by molar-refractivity contribution is -0.116. The smallest absolute Gasteiger partial charge is 0.224 e. The van der Waals surface area contributed by atoms with Gasteiger partial charge in [0.15, 0.2) is 11.5 Å². The zero-order valence-electron chi connectivity index (χ0n) is 12.4. The third-order valence-corrected chi connectivity index (χ3v) is 3.57. The molecular formula is C17H18N2O3. The van der Waals surface area contributed by atoms with Crippen molar-refractivity contribution >= 4 is 11.6 Å². The Hall–Kier alpha value is -2.56. The van der Waals surface area contributed by atoms with Gasteiger partial charge in [-0.15, -0.1) is 0 Å². The van der Waals surface area contributed by atoms with Gasteiger partial charge < -0.3 is 14.8 Å². The summed E-state index contributed by atoms with van der Waals surface area (Å²) in [6.45, 7) is 3.10. The van der Waals surface area contributed by atoms with Crippen LogP contribution in [0, 0.1) is 0 Å². The molecule has 1 N–H and O–H groups in total. The summed E-state index contributed by atoms with van der Waals surface area (Å²) in [5.74, 6) is 1.47. The van der Waals surface area contributed by atoms with Gasteiger partial charge in [-0.25, -0.2) is 0 Å². The number of carbonyl (C=O) groups is 1. The molecule has 5 nitrogen and oxygen atoms in total. The van der Waals surface area contributed by atoms with Crippen LogP contribution in [0.1, 0.15) is 24.8 Å². The predicted molar refractivity (Wildman–Crippen MR) is 83.3 cm³/mol. The van der Waals surface area contributed by atoms with Crippen molar-refractivity contribution in [2.45, 2.75) is 19.3 Å². The number of amides is 1. The fraction of sp³-hybridized carbons (Fsp3) is 0.294. The van der Waals surface area contributed by atoms with E-state index in [1.807, 2.05) is 31.2 Å². The van der Waals surface area contributed by atoms with E-state index in [9.17, 15) is 4.79 Å². The summed E-state index contributed by atoms with van der Waals surface area (Å²) in [7, 11) is 0. The Morgan fingerprint density at radius 3 is 2.86 bits per heavy atom. The van der Waals surface area contributed by atoms with Crippen molar-refractivity contribution in [2.75, 3.05) is 18.5 Å². The molecule has 2 aromatic rings. The van der Waals surface area contributed by atoms with E-state index in [0.29, 0.717) is 36.8 Å². The van der Waals surface area contributed by atoms with Crippen LogP contribution in [0.15, 0.2) is 42.7 Å². The van der Waals surface area contributed by atoms with E-state index < -0.39 is 0 Å². The summed E-state index contributed by atoms with van der Waals surface area (Å²) >= 11 is 0. The van der Waals surface area contributed by atoms with Crippen LogP contribution in [-0.4, -0.2) is 24.1 Å². The van der Waals surface area contributed by atoms with Crippen molar-refractivity contribution in [1.29, 1.82) is 0 Å². The molecule has 1 amide bonds. The maximum absolute atomic E-state index is 12.2. The fourth-order valence-electron chi connectivity index (χ4n) is 2.40. The van der Waals surface area contributed by atoms with E-state index in [1.54, 1.807) is 18.5 Å². The molecule has 5 heteroatoms. The van der Waals surface area contributed by atoms with Crippen LogP contribution in [0.3, 0.4) is 0 Å². The van der Waals surface area contributed by atoms with Crippen LogP contribution in [0.25, 0.3) is 0 Å². The highest BCUT2D eigenvalue weighted by atomic mass is 16.6. The average Bonchev–Trinajstić information content (AvgIpc) is 2.55. The molecule has 114 valence electrons. The van der Waals surface area contributed by atoms with Gasteiger partial charge in [-0.1, -0.05) is 13.0 Å². The number of ether oxygens (including phenoxy) is 2. The van der Waals surface area contributed by atoms with Crippen molar-refractivity contribution in [3.63, 3.8) is 0 Å². The molecule has 1 aromatic heterocycles. The standard InChI is InChI=1S/C17H18N2O3/c1-12(13-3-2-6-18-11-13)9-17(20)19-14-4-5-15-16(10-14)22-8-7-21-15/h2-6,10-12H,7-9H2,1H3,(H,19,20). The van der Waals surface area contributed by atoms with Crippen molar-refractivity contribution in [3.05, 3.63) is 48.3 Å². The number of aromatic nitrogens is 1. The summed E-state index contributed by atoms with van der Waals surface area (Å²) in [4.78, 5) is 16.2. The molecule has 0 bridgehead atoms. The first-order chi connectivity index (χ1) is 10.7. The molecule has 2 heterocycles. The highest BCUT2D eigenvalue weighted by Crippen LogP contribution is 2.32. The van der Waals surface area contributed by atoms with Gasteiger partial charge in [0.25, 0.3) is 0 Å². The number of hydrogen-bond donors (Lipinski definition) is 1. The Bertz CT molecular complexity index is 658. The summed E-state index contributed by atoms with van der Waals surface area (Å²) in [6, 6.07) is 9.29. The molecule has 0 aliphatic carbocycles. The maximum Gasteiger partial charge on any atom is 0.224 e. The zero-order valence-corrected chi connectivity index (χ0v) is 12.4. The molecule has 3 rings (SSSR count). The number of fused-ring (bicyclic) bond motifs is 1. The minimum atomic E-state index is -0.0342. The lowest BCUT2D eigenvalue weighted by atomic mass is 9.99. The van der Waals surface area contributed by atoms with Gasteiger partial charge in [-0.2, -0.15) is 0 Å². The van der Waals surface area contributed by atoms with E-state index in [4.69, 9.17) is 9.47 Å². The van der Waals surface area contributed by atoms with Crippen LogP contribution in [0.5, 0.6) is 11.5 Å². The molecular weight excluding hydrogens is 280 g/mol. The number of carbonyl (C=O) groups excluding carboxylic acids is 1. The molecule has 22 heavy (non-hydrogen) atoms. The van der Waals surface area contributed by atoms with Gasteiger partial charge in [0, 0.05) is 30.6 Å². The largest absolute Gasteiger partial charge is 0.486 e. The molecule has 1 atom stereocenters. The Morgan fingerprint density at radius 2 is 2.09 bits per heavy atom. The van der Waals surface area contributed by atoms with Gasteiger partial charge in [-0.05, 0) is 29.7 Å². The first kappa shape index (κ1) is 14.4. The van der Waals surface area contributed by atoms with Crippen LogP contribution in [0.2, 0.25) is 0 Å². The number of pyridine rings is 1. The Kier molecular flexibility index (Phi) is 4.23. The number of nitrogens with zero attached hydrogens (tertiary/aromatic N) is 1. The molecule has 0 fully saturated rings. The highest BCUT2D eigenvalue weighted by molar-refractivity contribution is 5.91. The summed E-state index contributed by atoms with van der Waals surface area (Å²) < 4.78 is 11.0. The summed E-state index contributed by atoms with van der Waals surface area (Å²) in [6.07, 6.45) is 3.92. The van der Waals surface area contributed by atoms with Crippen LogP contribution in [-0.2, 0) is 4.79 Å². The quantitative estimate of drug-likeness (QED) is 0.942. The first-order valence-electron chi connectivity index (χ1n) is 7.32. The minimum absolute atomic E-state index is 0.0342. The minimum Gasteiger partial charge on any atom is -0.486 e. The molecule has 0 saturated carbocycles. The monoisotopic (exact) mass is 298 g/mol. The number of rotatable bonds is 4.